The minimum atomic E-state index is -3.25. The molecule has 1 aromatic rings. The molecule has 0 bridgehead atoms. The molecule has 0 spiro atoms. The predicted octanol–water partition coefficient (Wildman–Crippen LogP) is 0.812. The number of hydrogen-bond donors (Lipinski definition) is 2. The van der Waals surface area contributed by atoms with E-state index < -0.39 is 20.8 Å². The smallest absolute Gasteiger partial charge is 0.292 e. The van der Waals surface area contributed by atoms with Crippen molar-refractivity contribution in [2.24, 2.45) is 0 Å². The van der Waals surface area contributed by atoms with Crippen molar-refractivity contribution >= 4 is 32.8 Å². The maximum atomic E-state index is 11.4. The summed E-state index contributed by atoms with van der Waals surface area (Å²) in [6, 6.07) is 2.28. The highest BCUT2D eigenvalue weighted by Gasteiger charge is 2.27. The Morgan fingerprint density at radius 2 is 2.14 bits per heavy atom. The van der Waals surface area contributed by atoms with Gasteiger partial charge in [-0.25, -0.2) is 8.42 Å². The maximum Gasteiger partial charge on any atom is 0.292 e. The first kappa shape index (κ1) is 13.6. The Labute approximate surface area is 119 Å². The lowest BCUT2D eigenvalue weighted by molar-refractivity contribution is -0.384. The van der Waals surface area contributed by atoms with Crippen molar-refractivity contribution in [2.75, 3.05) is 16.4 Å². The van der Waals surface area contributed by atoms with Gasteiger partial charge in [-0.3, -0.25) is 14.9 Å². The molecule has 9 heteroatoms. The fraction of sp³-hybridized carbons (Fsp3) is 0.250. The third-order valence-corrected chi connectivity index (χ3v) is 4.71. The number of benzene rings is 1. The summed E-state index contributed by atoms with van der Waals surface area (Å²) in [5, 5.41) is 17.7. The molecule has 0 aromatic heterocycles. The van der Waals surface area contributed by atoms with Gasteiger partial charge in [0.25, 0.3) is 5.69 Å². The number of anilines is 2. The quantitative estimate of drug-likeness (QED) is 0.630. The monoisotopic (exact) mass is 309 g/mol. The summed E-state index contributed by atoms with van der Waals surface area (Å²) < 4.78 is 22.7. The summed E-state index contributed by atoms with van der Waals surface area (Å²) >= 11 is 0. The Morgan fingerprint density at radius 1 is 1.38 bits per heavy atom. The van der Waals surface area contributed by atoms with Crippen LogP contribution in [-0.2, 0) is 21.1 Å². The molecular weight excluding hydrogens is 298 g/mol. The number of fused-ring (bicyclic) bond motifs is 1. The lowest BCUT2D eigenvalue weighted by Gasteiger charge is -2.13. The van der Waals surface area contributed by atoms with E-state index in [-0.39, 0.29) is 29.5 Å². The number of amides is 1. The van der Waals surface area contributed by atoms with Crippen LogP contribution in [0.4, 0.5) is 17.1 Å². The Kier molecular flexibility index (Phi) is 2.94. The van der Waals surface area contributed by atoms with E-state index in [4.69, 9.17) is 0 Å². The van der Waals surface area contributed by atoms with Gasteiger partial charge in [-0.15, -0.1) is 0 Å². The largest absolute Gasteiger partial charge is 0.372 e. The Hall–Kier alpha value is -2.42. The number of nitrogens with zero attached hydrogens (tertiary/aromatic N) is 1. The summed E-state index contributed by atoms with van der Waals surface area (Å²) in [4.78, 5) is 21.9. The molecule has 0 fully saturated rings. The van der Waals surface area contributed by atoms with E-state index in [1.807, 2.05) is 0 Å². The van der Waals surface area contributed by atoms with Gasteiger partial charge in [0, 0.05) is 17.2 Å². The highest BCUT2D eigenvalue weighted by atomic mass is 32.2. The van der Waals surface area contributed by atoms with Crippen molar-refractivity contribution in [1.82, 2.24) is 0 Å². The Bertz CT molecular complexity index is 784. The Morgan fingerprint density at radius 3 is 2.76 bits per heavy atom. The lowest BCUT2D eigenvalue weighted by atomic mass is 10.1. The SMILES string of the molecule is O=C1Cc2cc([N+](=O)[O-])c(NC3C=CS(=O)(=O)C3)cc2N1. The molecule has 1 aromatic carbocycles. The molecular formula is C12H11N3O5S. The van der Waals surface area contributed by atoms with Crippen LogP contribution in [0.5, 0.6) is 0 Å². The summed E-state index contributed by atoms with van der Waals surface area (Å²) in [6.07, 6.45) is 1.55. The number of nitro groups is 1. The van der Waals surface area contributed by atoms with Crippen LogP contribution in [0.1, 0.15) is 5.56 Å². The summed E-state index contributed by atoms with van der Waals surface area (Å²) in [5.74, 6) is -0.368. The summed E-state index contributed by atoms with van der Waals surface area (Å²) in [7, 11) is -3.25. The van der Waals surface area contributed by atoms with Crippen molar-refractivity contribution in [3.63, 3.8) is 0 Å². The zero-order chi connectivity index (χ0) is 15.2. The van der Waals surface area contributed by atoms with Crippen LogP contribution in [0.3, 0.4) is 0 Å². The van der Waals surface area contributed by atoms with E-state index in [0.29, 0.717) is 11.3 Å². The minimum absolute atomic E-state index is 0.105. The number of carbonyl (C=O) groups is 1. The molecule has 0 saturated heterocycles. The molecule has 21 heavy (non-hydrogen) atoms. The van der Waals surface area contributed by atoms with Crippen molar-refractivity contribution in [1.29, 1.82) is 0 Å². The van der Waals surface area contributed by atoms with Gasteiger partial charge in [-0.1, -0.05) is 6.08 Å². The van der Waals surface area contributed by atoms with Gasteiger partial charge in [0.1, 0.15) is 5.69 Å². The summed E-state index contributed by atoms with van der Waals surface area (Å²) in [6.45, 7) is 0. The molecule has 2 aliphatic rings. The van der Waals surface area contributed by atoms with Gasteiger partial charge in [-0.2, -0.15) is 0 Å². The molecule has 1 unspecified atom stereocenters. The first-order valence-corrected chi connectivity index (χ1v) is 7.84. The van der Waals surface area contributed by atoms with E-state index in [1.54, 1.807) is 0 Å². The fourth-order valence-electron chi connectivity index (χ4n) is 2.39. The highest BCUT2D eigenvalue weighted by Crippen LogP contribution is 2.35. The fourth-order valence-corrected chi connectivity index (χ4v) is 3.63. The van der Waals surface area contributed by atoms with Crippen molar-refractivity contribution < 1.29 is 18.1 Å². The van der Waals surface area contributed by atoms with Crippen LogP contribution in [0.2, 0.25) is 0 Å². The van der Waals surface area contributed by atoms with E-state index in [0.717, 1.165) is 5.41 Å². The van der Waals surface area contributed by atoms with Crippen LogP contribution in [0.25, 0.3) is 0 Å². The molecule has 2 N–H and O–H groups in total. The number of hydrogen-bond acceptors (Lipinski definition) is 6. The first-order chi connectivity index (χ1) is 9.84. The second-order valence-corrected chi connectivity index (χ2v) is 6.85. The molecule has 8 nitrogen and oxygen atoms in total. The van der Waals surface area contributed by atoms with Gasteiger partial charge in [0.2, 0.25) is 5.91 Å². The van der Waals surface area contributed by atoms with Gasteiger partial charge in [0.15, 0.2) is 9.84 Å². The number of nitro benzene ring substituents is 1. The first-order valence-electron chi connectivity index (χ1n) is 6.13. The number of rotatable bonds is 3. The molecule has 0 aliphatic carbocycles. The molecule has 3 rings (SSSR count). The molecule has 0 saturated carbocycles. The Balaban J connectivity index is 1.95. The van der Waals surface area contributed by atoms with Gasteiger partial charge < -0.3 is 10.6 Å². The lowest BCUT2D eigenvalue weighted by Crippen LogP contribution is -2.21. The minimum Gasteiger partial charge on any atom is -0.372 e. The van der Waals surface area contributed by atoms with Crippen molar-refractivity contribution in [2.45, 2.75) is 12.5 Å². The number of carbonyl (C=O) groups excluding carboxylic acids is 1. The van der Waals surface area contributed by atoms with E-state index in [1.165, 1.54) is 18.2 Å². The van der Waals surface area contributed by atoms with Gasteiger partial charge >= 0.3 is 0 Å². The molecule has 0 radical (unpaired) electrons. The van der Waals surface area contributed by atoms with Gasteiger partial charge in [0.05, 0.1) is 23.1 Å². The predicted molar refractivity (Wildman–Crippen MR) is 75.8 cm³/mol. The maximum absolute atomic E-state index is 11.4. The van der Waals surface area contributed by atoms with E-state index >= 15 is 0 Å². The molecule has 1 amide bonds. The zero-order valence-electron chi connectivity index (χ0n) is 10.7. The number of nitrogens with one attached hydrogen (secondary N) is 2. The van der Waals surface area contributed by atoms with Crippen LogP contribution in [-0.4, -0.2) is 31.0 Å². The van der Waals surface area contributed by atoms with Crippen molar-refractivity contribution in [3.05, 3.63) is 39.3 Å². The van der Waals surface area contributed by atoms with Crippen LogP contribution >= 0.6 is 0 Å². The normalized spacial score (nSPS) is 21.9. The third kappa shape index (κ3) is 2.59. The molecule has 2 heterocycles. The third-order valence-electron chi connectivity index (χ3n) is 3.31. The van der Waals surface area contributed by atoms with Crippen LogP contribution in [0, 0.1) is 10.1 Å². The second kappa shape index (κ2) is 4.55. The summed E-state index contributed by atoms with van der Waals surface area (Å²) in [5.41, 5.74) is 1.08. The second-order valence-electron chi connectivity index (χ2n) is 4.92. The zero-order valence-corrected chi connectivity index (χ0v) is 11.5. The molecule has 1 atom stereocenters. The molecule has 110 valence electrons. The van der Waals surface area contributed by atoms with Crippen LogP contribution < -0.4 is 10.6 Å². The topological polar surface area (TPSA) is 118 Å². The average Bonchev–Trinajstić information content (AvgIpc) is 2.89. The standard InChI is InChI=1S/C12H11N3O5S/c16-12-4-7-3-11(15(17)18)10(5-9(7)14-12)13-8-1-2-21(19,20)6-8/h1-3,5,8,13H,4,6H2,(H,14,16). The van der Waals surface area contributed by atoms with Crippen LogP contribution in [0.15, 0.2) is 23.6 Å². The van der Waals surface area contributed by atoms with Crippen molar-refractivity contribution in [3.8, 4) is 0 Å². The van der Waals surface area contributed by atoms with E-state index in [2.05, 4.69) is 10.6 Å². The van der Waals surface area contributed by atoms with E-state index in [9.17, 15) is 23.3 Å². The van der Waals surface area contributed by atoms with Gasteiger partial charge in [-0.05, 0) is 11.6 Å². The average molecular weight is 309 g/mol. The number of sulfone groups is 1. The highest BCUT2D eigenvalue weighted by molar-refractivity contribution is 7.94. The molecule has 2 aliphatic heterocycles.